The van der Waals surface area contributed by atoms with Crippen LogP contribution in [0.2, 0.25) is 0 Å². The second kappa shape index (κ2) is 49.9. The maximum atomic E-state index is 12.3. The number of hydrogen-bond acceptors (Lipinski definition) is 16. The van der Waals surface area contributed by atoms with Gasteiger partial charge in [-0.1, -0.05) is 113 Å². The molecule has 4 amide bonds. The van der Waals surface area contributed by atoms with Gasteiger partial charge in [0.2, 0.25) is 23.6 Å². The van der Waals surface area contributed by atoms with Gasteiger partial charge in [0, 0.05) is 57.3 Å². The summed E-state index contributed by atoms with van der Waals surface area (Å²) in [5.74, 6) is -0.674. The van der Waals surface area contributed by atoms with Crippen LogP contribution in [0.3, 0.4) is 0 Å². The minimum Gasteiger partial charge on any atom is -0.461 e. The summed E-state index contributed by atoms with van der Waals surface area (Å²) in [5.41, 5.74) is 1.62. The van der Waals surface area contributed by atoms with E-state index in [-0.39, 0.29) is 93.1 Å². The number of nitrogens with one attached hydrogen (secondary N) is 4. The lowest BCUT2D eigenvalue weighted by Crippen LogP contribution is -2.29. The molecule has 0 spiro atoms. The predicted octanol–water partition coefficient (Wildman–Crippen LogP) is 6.34. The van der Waals surface area contributed by atoms with Gasteiger partial charge in [0.15, 0.2) is 0 Å². The molecule has 0 aromatic heterocycles. The molecular formula is C59H96N4O16. The smallest absolute Gasteiger partial charge is 0.308 e. The number of unbranched alkanes of at least 4 members (excludes halogenated alkanes) is 8. The summed E-state index contributed by atoms with van der Waals surface area (Å²) >= 11 is 0. The highest BCUT2D eigenvalue weighted by molar-refractivity contribution is 5.77. The molecule has 448 valence electrons. The first kappa shape index (κ1) is 70.0. The number of carbonyl (C=O) groups is 6. The van der Waals surface area contributed by atoms with Crippen molar-refractivity contribution in [1.29, 1.82) is 0 Å². The number of benzene rings is 2. The normalized spacial score (nSPS) is 11.3. The van der Waals surface area contributed by atoms with E-state index in [1.54, 1.807) is 0 Å². The van der Waals surface area contributed by atoms with Crippen LogP contribution in [-0.2, 0) is 89.3 Å². The molecule has 0 radical (unpaired) electrons. The summed E-state index contributed by atoms with van der Waals surface area (Å²) in [7, 11) is 0. The van der Waals surface area contributed by atoms with Gasteiger partial charge in [0.25, 0.3) is 0 Å². The topological polar surface area (TPSA) is 243 Å². The van der Waals surface area contributed by atoms with Gasteiger partial charge in [-0.05, 0) is 36.8 Å². The molecule has 0 aliphatic heterocycles. The van der Waals surface area contributed by atoms with Crippen LogP contribution >= 0.6 is 0 Å². The SMILES string of the molecule is CC(C)(COCCC(=O)NCCCCCCCC(=O)NCCOCCOCCOCCC(=O)OCc1ccccc1)COCCC(=O)NCCCCCCCC(=O)NCCOCCOCCOCCC(=O)OCc1ccccc1. The summed E-state index contributed by atoms with van der Waals surface area (Å²) < 4.78 is 54.8. The van der Waals surface area contributed by atoms with Crippen molar-refractivity contribution in [3.8, 4) is 0 Å². The van der Waals surface area contributed by atoms with E-state index in [0.717, 1.165) is 75.3 Å². The fourth-order valence-electron chi connectivity index (χ4n) is 7.30. The number of hydrogen-bond donors (Lipinski definition) is 4. The Kier molecular flexibility index (Phi) is 44.3. The lowest BCUT2D eigenvalue weighted by molar-refractivity contribution is -0.147. The van der Waals surface area contributed by atoms with E-state index in [9.17, 15) is 28.8 Å². The first-order chi connectivity index (χ1) is 38.5. The van der Waals surface area contributed by atoms with Gasteiger partial charge in [-0.25, -0.2) is 0 Å². The zero-order valence-electron chi connectivity index (χ0n) is 47.7. The molecule has 0 heterocycles. The molecule has 79 heavy (non-hydrogen) atoms. The molecule has 20 heteroatoms. The van der Waals surface area contributed by atoms with E-state index in [4.69, 9.17) is 47.4 Å². The number of amides is 4. The molecule has 0 saturated carbocycles. The number of esters is 2. The van der Waals surface area contributed by atoms with Gasteiger partial charge in [0.05, 0.1) is 119 Å². The minimum atomic E-state index is -0.302. The van der Waals surface area contributed by atoms with E-state index in [2.05, 4.69) is 21.3 Å². The van der Waals surface area contributed by atoms with Gasteiger partial charge in [-0.2, -0.15) is 0 Å². The molecule has 0 aliphatic carbocycles. The van der Waals surface area contributed by atoms with Crippen molar-refractivity contribution in [2.45, 2.75) is 130 Å². The standard InChI is InChI=1S/C59H96N4O16/c1-59(2,49-76-33-25-55(66)60-29-17-7-3-5-15-23-53(64)62-31-37-72-41-45-74-43-39-70-35-27-57(68)78-47-51-19-11-9-12-20-51)50-77-34-26-56(67)61-30-18-8-4-6-16-24-54(65)63-32-38-73-42-46-75-44-40-71-36-28-58(69)79-48-52-21-13-10-14-22-52/h9-14,19-22H,3-8,15-18,23-50H2,1-2H3,(H,60,66)(H,61,67)(H,62,64)(H,63,65). The van der Waals surface area contributed by atoms with Crippen molar-refractivity contribution in [1.82, 2.24) is 21.3 Å². The Balaban J connectivity index is 1.24. The summed E-state index contributed by atoms with van der Waals surface area (Å²) in [6.07, 6.45) is 11.1. The van der Waals surface area contributed by atoms with Crippen LogP contribution < -0.4 is 21.3 Å². The maximum Gasteiger partial charge on any atom is 0.308 e. The molecule has 0 unspecified atom stereocenters. The summed E-state index contributed by atoms with van der Waals surface area (Å²) in [6, 6.07) is 19.0. The molecule has 4 N–H and O–H groups in total. The Morgan fingerprint density at radius 3 is 1.03 bits per heavy atom. The zero-order chi connectivity index (χ0) is 57.0. The molecule has 0 aliphatic rings. The van der Waals surface area contributed by atoms with Gasteiger partial charge in [0.1, 0.15) is 13.2 Å². The van der Waals surface area contributed by atoms with Crippen molar-refractivity contribution < 1.29 is 76.1 Å². The van der Waals surface area contributed by atoms with Crippen molar-refractivity contribution in [2.75, 3.05) is 132 Å². The fourth-order valence-corrected chi connectivity index (χ4v) is 7.30. The van der Waals surface area contributed by atoms with Gasteiger partial charge >= 0.3 is 11.9 Å². The maximum absolute atomic E-state index is 12.3. The number of rotatable bonds is 54. The Bertz CT molecular complexity index is 1720. The average Bonchev–Trinajstić information content (AvgIpc) is 3.44. The quantitative estimate of drug-likeness (QED) is 0.0417. The summed E-state index contributed by atoms with van der Waals surface area (Å²) in [6.45, 7) is 12.7. The first-order valence-corrected chi connectivity index (χ1v) is 28.6. The molecule has 2 rings (SSSR count). The van der Waals surface area contributed by atoms with Crippen molar-refractivity contribution in [3.05, 3.63) is 71.8 Å². The Morgan fingerprint density at radius 2 is 0.633 bits per heavy atom. The molecule has 0 fully saturated rings. The van der Waals surface area contributed by atoms with Crippen LogP contribution in [0.4, 0.5) is 0 Å². The lowest BCUT2D eigenvalue weighted by atomic mass is 9.96. The van der Waals surface area contributed by atoms with Crippen LogP contribution in [0.1, 0.15) is 128 Å². The van der Waals surface area contributed by atoms with E-state index < -0.39 is 0 Å². The lowest BCUT2D eigenvalue weighted by Gasteiger charge is -2.24. The van der Waals surface area contributed by atoms with Crippen molar-refractivity contribution in [3.63, 3.8) is 0 Å². The molecule has 2 aromatic rings. The van der Waals surface area contributed by atoms with Gasteiger partial charge in [-0.15, -0.1) is 0 Å². The monoisotopic (exact) mass is 1120 g/mol. The van der Waals surface area contributed by atoms with E-state index in [1.807, 2.05) is 74.5 Å². The molecule has 2 aromatic carbocycles. The third kappa shape index (κ3) is 46.4. The van der Waals surface area contributed by atoms with Crippen LogP contribution in [0.15, 0.2) is 60.7 Å². The van der Waals surface area contributed by atoms with E-state index in [1.165, 1.54) is 0 Å². The highest BCUT2D eigenvalue weighted by Gasteiger charge is 2.19. The molecule has 0 atom stereocenters. The highest BCUT2D eigenvalue weighted by atomic mass is 16.6. The largest absolute Gasteiger partial charge is 0.461 e. The molecular weight excluding hydrogens is 1020 g/mol. The Labute approximate surface area is 470 Å². The zero-order valence-corrected chi connectivity index (χ0v) is 47.7. The highest BCUT2D eigenvalue weighted by Crippen LogP contribution is 2.16. The Hall–Kier alpha value is -5.06. The first-order valence-electron chi connectivity index (χ1n) is 28.6. The van der Waals surface area contributed by atoms with E-state index in [0.29, 0.717) is 132 Å². The summed E-state index contributed by atoms with van der Waals surface area (Å²) in [4.78, 5) is 72.4. The van der Waals surface area contributed by atoms with Crippen LogP contribution in [0, 0.1) is 5.41 Å². The third-order valence-electron chi connectivity index (χ3n) is 11.7. The van der Waals surface area contributed by atoms with Gasteiger partial charge < -0.3 is 68.6 Å². The second-order valence-electron chi connectivity index (χ2n) is 19.7. The Morgan fingerprint density at radius 1 is 0.329 bits per heavy atom. The van der Waals surface area contributed by atoms with Crippen molar-refractivity contribution in [2.24, 2.45) is 5.41 Å². The minimum absolute atomic E-state index is 0.00864. The molecule has 0 saturated heterocycles. The number of carbonyl (C=O) groups excluding carboxylic acids is 6. The third-order valence-corrected chi connectivity index (χ3v) is 11.7. The molecule has 20 nitrogen and oxygen atoms in total. The van der Waals surface area contributed by atoms with Crippen molar-refractivity contribution >= 4 is 35.6 Å². The number of ether oxygens (including phenoxy) is 10. The summed E-state index contributed by atoms with van der Waals surface area (Å²) in [5, 5.41) is 11.6. The van der Waals surface area contributed by atoms with Crippen LogP contribution in [0.25, 0.3) is 0 Å². The fraction of sp³-hybridized carbons (Fsp3) is 0.695. The van der Waals surface area contributed by atoms with Crippen LogP contribution in [0.5, 0.6) is 0 Å². The average molecular weight is 1120 g/mol. The van der Waals surface area contributed by atoms with E-state index >= 15 is 0 Å². The van der Waals surface area contributed by atoms with Crippen LogP contribution in [-0.4, -0.2) is 167 Å². The van der Waals surface area contributed by atoms with Gasteiger partial charge in [-0.3, -0.25) is 28.8 Å². The predicted molar refractivity (Wildman–Crippen MR) is 299 cm³/mol. The second-order valence-corrected chi connectivity index (χ2v) is 19.7. The molecule has 0 bridgehead atoms.